The summed E-state index contributed by atoms with van der Waals surface area (Å²) in [5, 5.41) is 2.46. The zero-order chi connectivity index (χ0) is 23.3. The number of rotatable bonds is 8. The molecule has 0 aliphatic heterocycles. The monoisotopic (exact) mass is 480 g/mol. The lowest BCUT2D eigenvalue weighted by atomic mass is 10.1. The molecule has 1 atom stereocenters. The summed E-state index contributed by atoms with van der Waals surface area (Å²) in [6.45, 7) is 0. The van der Waals surface area contributed by atoms with E-state index in [4.69, 9.17) is 16.3 Å². The van der Waals surface area contributed by atoms with E-state index in [9.17, 15) is 22.0 Å². The van der Waals surface area contributed by atoms with Crippen LogP contribution in [0.2, 0.25) is 5.02 Å². The molecule has 1 amide bonds. The van der Waals surface area contributed by atoms with E-state index in [-0.39, 0.29) is 27.8 Å². The van der Waals surface area contributed by atoms with Gasteiger partial charge in [-0.2, -0.15) is 4.72 Å². The molecule has 0 saturated heterocycles. The molecule has 6 nitrogen and oxygen atoms in total. The molecule has 3 aromatic rings. The van der Waals surface area contributed by atoms with Crippen molar-refractivity contribution < 1.29 is 26.7 Å². The number of amides is 1. The second-order valence-corrected chi connectivity index (χ2v) is 8.89. The van der Waals surface area contributed by atoms with Crippen LogP contribution in [0.5, 0.6) is 5.75 Å². The molecule has 0 aliphatic rings. The first-order valence-electron chi connectivity index (χ1n) is 9.35. The Morgan fingerprint density at radius 2 is 1.78 bits per heavy atom. The number of nitrogens with one attached hydrogen (secondary N) is 2. The Kier molecular flexibility index (Phi) is 7.44. The van der Waals surface area contributed by atoms with Gasteiger partial charge in [0.2, 0.25) is 15.9 Å². The van der Waals surface area contributed by atoms with Crippen molar-refractivity contribution in [3.05, 3.63) is 89.0 Å². The van der Waals surface area contributed by atoms with Crippen LogP contribution in [0.3, 0.4) is 0 Å². The van der Waals surface area contributed by atoms with Crippen molar-refractivity contribution in [3.63, 3.8) is 0 Å². The molecular formula is C22H19ClF2N2O4S. The standard InChI is InChI=1S/C22H19ClF2N2O4S/c1-31-20-10-7-15(23)12-21(20)32(29,30)27-19(11-14-5-3-2-4-6-14)22(28)26-18-9-8-16(24)13-17(18)25/h2-10,12-13,19,27H,11H2,1H3,(H,26,28)/t19-/m1/s1. The number of carbonyl (C=O) groups excluding carboxylic acids is 1. The Bertz CT molecular complexity index is 1220. The predicted octanol–water partition coefficient (Wildman–Crippen LogP) is 4.16. The van der Waals surface area contributed by atoms with Crippen LogP contribution < -0.4 is 14.8 Å². The van der Waals surface area contributed by atoms with E-state index in [1.165, 1.54) is 25.3 Å². The van der Waals surface area contributed by atoms with E-state index in [0.717, 1.165) is 12.1 Å². The lowest BCUT2D eigenvalue weighted by molar-refractivity contribution is -0.117. The molecule has 0 bridgehead atoms. The number of ether oxygens (including phenoxy) is 1. The molecule has 0 unspecified atom stereocenters. The lowest BCUT2D eigenvalue weighted by Crippen LogP contribution is -2.45. The highest BCUT2D eigenvalue weighted by Crippen LogP contribution is 2.27. The quantitative estimate of drug-likeness (QED) is 0.507. The molecule has 168 valence electrons. The molecule has 0 radical (unpaired) electrons. The molecular weight excluding hydrogens is 462 g/mol. The highest BCUT2D eigenvalue weighted by molar-refractivity contribution is 7.89. The number of hydrogen-bond acceptors (Lipinski definition) is 4. The highest BCUT2D eigenvalue weighted by atomic mass is 35.5. The minimum Gasteiger partial charge on any atom is -0.495 e. The van der Waals surface area contributed by atoms with E-state index in [0.29, 0.717) is 11.6 Å². The van der Waals surface area contributed by atoms with E-state index in [1.807, 2.05) is 0 Å². The third-order valence-corrected chi connectivity index (χ3v) is 6.23. The van der Waals surface area contributed by atoms with Crippen LogP contribution in [-0.4, -0.2) is 27.5 Å². The first-order valence-corrected chi connectivity index (χ1v) is 11.2. The van der Waals surface area contributed by atoms with Crippen LogP contribution >= 0.6 is 11.6 Å². The summed E-state index contributed by atoms with van der Waals surface area (Å²) >= 11 is 5.95. The van der Waals surface area contributed by atoms with Crippen LogP contribution in [0, 0.1) is 11.6 Å². The average molecular weight is 481 g/mol. The fraction of sp³-hybridized carbons (Fsp3) is 0.136. The number of hydrogen-bond donors (Lipinski definition) is 2. The molecule has 3 aromatic carbocycles. The summed E-state index contributed by atoms with van der Waals surface area (Å²) in [4.78, 5) is 12.7. The summed E-state index contributed by atoms with van der Waals surface area (Å²) in [5.41, 5.74) is 0.377. The Morgan fingerprint density at radius 1 is 1.06 bits per heavy atom. The van der Waals surface area contributed by atoms with E-state index < -0.39 is 33.6 Å². The van der Waals surface area contributed by atoms with Crippen LogP contribution in [0.4, 0.5) is 14.5 Å². The Hall–Kier alpha value is -3.01. The minimum absolute atomic E-state index is 0.0302. The number of halogens is 3. The highest BCUT2D eigenvalue weighted by Gasteiger charge is 2.29. The molecule has 0 saturated carbocycles. The Balaban J connectivity index is 1.93. The van der Waals surface area contributed by atoms with Gasteiger partial charge >= 0.3 is 0 Å². The summed E-state index contributed by atoms with van der Waals surface area (Å²) in [7, 11) is -2.97. The van der Waals surface area contributed by atoms with Crippen LogP contribution in [-0.2, 0) is 21.2 Å². The lowest BCUT2D eigenvalue weighted by Gasteiger charge is -2.20. The van der Waals surface area contributed by atoms with Gasteiger partial charge in [0.05, 0.1) is 12.8 Å². The van der Waals surface area contributed by atoms with Gasteiger partial charge in [-0.05, 0) is 42.3 Å². The first kappa shape index (κ1) is 23.6. The molecule has 3 rings (SSSR count). The van der Waals surface area contributed by atoms with Crippen molar-refractivity contribution in [2.24, 2.45) is 0 Å². The van der Waals surface area contributed by atoms with Crippen molar-refractivity contribution in [2.75, 3.05) is 12.4 Å². The molecule has 32 heavy (non-hydrogen) atoms. The van der Waals surface area contributed by atoms with Crippen molar-refractivity contribution in [1.82, 2.24) is 4.72 Å². The van der Waals surface area contributed by atoms with Crippen molar-refractivity contribution in [3.8, 4) is 5.75 Å². The number of sulfonamides is 1. The van der Waals surface area contributed by atoms with E-state index in [1.54, 1.807) is 30.3 Å². The largest absolute Gasteiger partial charge is 0.495 e. The minimum atomic E-state index is -4.27. The van der Waals surface area contributed by atoms with Gasteiger partial charge in [0.25, 0.3) is 0 Å². The normalized spacial score (nSPS) is 12.2. The van der Waals surface area contributed by atoms with Gasteiger partial charge in [-0.1, -0.05) is 41.9 Å². The molecule has 0 heterocycles. The average Bonchev–Trinajstić information content (AvgIpc) is 2.75. The molecule has 10 heteroatoms. The van der Waals surface area contributed by atoms with Gasteiger partial charge in [0, 0.05) is 11.1 Å². The van der Waals surface area contributed by atoms with Crippen LogP contribution in [0.1, 0.15) is 5.56 Å². The summed E-state index contributed by atoms with van der Waals surface area (Å²) in [6.07, 6.45) is -0.0302. The van der Waals surface area contributed by atoms with Gasteiger partial charge in [0.1, 0.15) is 28.3 Å². The van der Waals surface area contributed by atoms with Gasteiger partial charge in [-0.3, -0.25) is 4.79 Å². The Labute approximate surface area is 189 Å². The molecule has 0 fully saturated rings. The number of anilines is 1. The number of methoxy groups -OCH3 is 1. The van der Waals surface area contributed by atoms with Gasteiger partial charge in [-0.25, -0.2) is 17.2 Å². The zero-order valence-electron chi connectivity index (χ0n) is 16.8. The third-order valence-electron chi connectivity index (χ3n) is 4.50. The molecule has 0 aliphatic carbocycles. The van der Waals surface area contributed by atoms with Crippen LogP contribution in [0.15, 0.2) is 71.6 Å². The van der Waals surface area contributed by atoms with Crippen molar-refractivity contribution >= 4 is 33.2 Å². The second kappa shape index (κ2) is 10.1. The third kappa shape index (κ3) is 5.82. The molecule has 2 N–H and O–H groups in total. The van der Waals surface area contributed by atoms with E-state index >= 15 is 0 Å². The van der Waals surface area contributed by atoms with Gasteiger partial charge in [0.15, 0.2) is 0 Å². The number of carbonyl (C=O) groups is 1. The predicted molar refractivity (Wildman–Crippen MR) is 117 cm³/mol. The first-order chi connectivity index (χ1) is 15.2. The van der Waals surface area contributed by atoms with Gasteiger partial charge in [-0.15, -0.1) is 0 Å². The molecule has 0 spiro atoms. The maximum Gasteiger partial charge on any atom is 0.245 e. The zero-order valence-corrected chi connectivity index (χ0v) is 18.4. The topological polar surface area (TPSA) is 84.5 Å². The smallest absolute Gasteiger partial charge is 0.245 e. The van der Waals surface area contributed by atoms with E-state index in [2.05, 4.69) is 10.0 Å². The van der Waals surface area contributed by atoms with Crippen molar-refractivity contribution in [1.29, 1.82) is 0 Å². The summed E-state index contributed by atoms with van der Waals surface area (Å²) in [6, 6.07) is 14.0. The maximum absolute atomic E-state index is 14.0. The Morgan fingerprint density at radius 3 is 2.44 bits per heavy atom. The fourth-order valence-corrected chi connectivity index (χ4v) is 4.59. The SMILES string of the molecule is COc1ccc(Cl)cc1S(=O)(=O)N[C@H](Cc1ccccc1)C(=O)Nc1ccc(F)cc1F. The fourth-order valence-electron chi connectivity index (χ4n) is 2.96. The maximum atomic E-state index is 14.0. The number of benzene rings is 3. The second-order valence-electron chi connectivity index (χ2n) is 6.77. The van der Waals surface area contributed by atoms with Crippen molar-refractivity contribution in [2.45, 2.75) is 17.4 Å². The summed E-state index contributed by atoms with van der Waals surface area (Å²) < 4.78 is 60.8. The van der Waals surface area contributed by atoms with Gasteiger partial charge < -0.3 is 10.1 Å². The van der Waals surface area contributed by atoms with Crippen LogP contribution in [0.25, 0.3) is 0 Å². The summed E-state index contributed by atoms with van der Waals surface area (Å²) in [5.74, 6) is -2.60. The molecule has 0 aromatic heterocycles.